The summed E-state index contributed by atoms with van der Waals surface area (Å²) in [5.74, 6) is 0. The zero-order valence-corrected chi connectivity index (χ0v) is 15.0. The van der Waals surface area contributed by atoms with E-state index in [0.29, 0.717) is 0 Å². The Morgan fingerprint density at radius 2 is 1.86 bits per heavy atom. The Labute approximate surface area is 140 Å². The van der Waals surface area contributed by atoms with E-state index < -0.39 is 0 Å². The summed E-state index contributed by atoms with van der Waals surface area (Å²) in [6, 6.07) is 10.3. The molecule has 1 aromatic carbocycles. The molecule has 2 aromatic heterocycles. The predicted octanol–water partition coefficient (Wildman–Crippen LogP) is 5.09. The molecule has 1 N–H and O–H groups in total. The highest BCUT2D eigenvalue weighted by Gasteiger charge is 2.10. The molecule has 0 aliphatic carbocycles. The zero-order valence-electron chi connectivity index (χ0n) is 11.8. The number of halogens is 2. The first-order valence-corrected chi connectivity index (χ1v) is 8.27. The number of rotatable bonds is 3. The minimum atomic E-state index is 0.720. The fourth-order valence-corrected chi connectivity index (χ4v) is 4.11. The second kappa shape index (κ2) is 5.81. The van der Waals surface area contributed by atoms with E-state index in [1.54, 1.807) is 0 Å². The molecule has 0 aliphatic heterocycles. The Kier molecular flexibility index (Phi) is 4.04. The van der Waals surface area contributed by atoms with Crippen LogP contribution < -0.4 is 5.32 Å². The molecule has 0 saturated carbocycles. The Hall–Kier alpha value is -1.33. The number of imidazole rings is 1. The Bertz CT molecular complexity index is 785. The predicted molar refractivity (Wildman–Crippen MR) is 93.8 cm³/mol. The van der Waals surface area contributed by atoms with E-state index >= 15 is 0 Å². The second-order valence-corrected chi connectivity index (χ2v) is 6.74. The van der Waals surface area contributed by atoms with Gasteiger partial charge in [0.05, 0.1) is 23.6 Å². The number of nitrogens with one attached hydrogen (secondary N) is 1. The lowest BCUT2D eigenvalue weighted by Crippen LogP contribution is -2.05. The molecule has 108 valence electrons. The maximum atomic E-state index is 4.58. The van der Waals surface area contributed by atoms with Crippen molar-refractivity contribution in [3.63, 3.8) is 0 Å². The van der Waals surface area contributed by atoms with Gasteiger partial charge in [-0.05, 0) is 75.5 Å². The maximum Gasteiger partial charge on any atom is 0.137 e. The lowest BCUT2D eigenvalue weighted by Gasteiger charge is -2.12. The molecule has 2 heterocycles. The quantitative estimate of drug-likeness (QED) is 0.654. The van der Waals surface area contributed by atoms with Crippen LogP contribution in [0.15, 0.2) is 45.5 Å². The summed E-state index contributed by atoms with van der Waals surface area (Å²) >= 11 is 7.23. The normalized spacial score (nSPS) is 11.0. The van der Waals surface area contributed by atoms with Crippen molar-refractivity contribution in [2.45, 2.75) is 20.4 Å². The van der Waals surface area contributed by atoms with Crippen molar-refractivity contribution in [1.82, 2.24) is 9.38 Å². The third-order valence-corrected chi connectivity index (χ3v) is 4.70. The fourth-order valence-electron chi connectivity index (χ4n) is 2.42. The smallest absolute Gasteiger partial charge is 0.137 e. The summed E-state index contributed by atoms with van der Waals surface area (Å²) in [5.41, 5.74) is 5.48. The number of aromatic nitrogens is 2. The van der Waals surface area contributed by atoms with Crippen LogP contribution in [0.1, 0.15) is 17.0 Å². The van der Waals surface area contributed by atoms with E-state index in [1.807, 2.05) is 31.3 Å². The maximum absolute atomic E-state index is 4.58. The van der Waals surface area contributed by atoms with Crippen LogP contribution in [0.25, 0.3) is 5.65 Å². The van der Waals surface area contributed by atoms with E-state index in [9.17, 15) is 0 Å². The molecular formula is C16H15Br2N3. The highest BCUT2D eigenvalue weighted by Crippen LogP contribution is 2.32. The molecule has 3 aromatic rings. The largest absolute Gasteiger partial charge is 0.378 e. The highest BCUT2D eigenvalue weighted by molar-refractivity contribution is 9.11. The van der Waals surface area contributed by atoms with E-state index in [-0.39, 0.29) is 0 Å². The zero-order chi connectivity index (χ0) is 15.0. The fraction of sp³-hybridized carbons (Fsp3) is 0.188. The summed E-state index contributed by atoms with van der Waals surface area (Å²) in [6.45, 7) is 4.84. The average Bonchev–Trinajstić information content (AvgIpc) is 2.73. The van der Waals surface area contributed by atoms with Crippen LogP contribution in [-0.4, -0.2) is 9.38 Å². The monoisotopic (exact) mass is 407 g/mol. The molecule has 21 heavy (non-hydrogen) atoms. The molecular weight excluding hydrogens is 394 g/mol. The minimum Gasteiger partial charge on any atom is -0.378 e. The van der Waals surface area contributed by atoms with Gasteiger partial charge in [0.1, 0.15) is 5.65 Å². The van der Waals surface area contributed by atoms with Gasteiger partial charge in [-0.3, -0.25) is 0 Å². The van der Waals surface area contributed by atoms with Gasteiger partial charge in [0.15, 0.2) is 0 Å². The summed E-state index contributed by atoms with van der Waals surface area (Å²) < 4.78 is 4.24. The minimum absolute atomic E-state index is 0.720. The van der Waals surface area contributed by atoms with E-state index in [1.165, 1.54) is 11.3 Å². The number of hydrogen-bond donors (Lipinski definition) is 1. The number of hydrogen-bond acceptors (Lipinski definition) is 2. The average molecular weight is 409 g/mol. The van der Waals surface area contributed by atoms with Gasteiger partial charge in [0.2, 0.25) is 0 Å². The van der Waals surface area contributed by atoms with Crippen molar-refractivity contribution in [3.05, 3.63) is 62.4 Å². The number of aryl methyl sites for hydroxylation is 2. The molecule has 3 nitrogen and oxygen atoms in total. The van der Waals surface area contributed by atoms with Crippen LogP contribution in [0.5, 0.6) is 0 Å². The number of pyridine rings is 1. The topological polar surface area (TPSA) is 29.3 Å². The van der Waals surface area contributed by atoms with Crippen LogP contribution in [0.4, 0.5) is 5.69 Å². The molecule has 5 heteroatoms. The van der Waals surface area contributed by atoms with Gasteiger partial charge in [-0.2, -0.15) is 0 Å². The van der Waals surface area contributed by atoms with Crippen molar-refractivity contribution in [1.29, 1.82) is 0 Å². The molecule has 0 bridgehead atoms. The summed E-state index contributed by atoms with van der Waals surface area (Å²) in [4.78, 5) is 4.58. The van der Waals surface area contributed by atoms with Gasteiger partial charge in [-0.1, -0.05) is 6.07 Å². The van der Waals surface area contributed by atoms with Crippen LogP contribution in [-0.2, 0) is 6.54 Å². The van der Waals surface area contributed by atoms with Crippen molar-refractivity contribution < 1.29 is 0 Å². The molecule has 0 amide bonds. The lowest BCUT2D eigenvalue weighted by molar-refractivity contribution is 0.984. The van der Waals surface area contributed by atoms with Crippen molar-refractivity contribution in [2.24, 2.45) is 0 Å². The number of anilines is 1. The third kappa shape index (κ3) is 2.85. The standard InChI is InChI=1S/C16H15Br2N3/c1-10-7-12(17)16(13(18)8-10)19-9-14-11(2)20-15-5-3-4-6-21(14)15/h3-8,19H,9H2,1-2H3. The van der Waals surface area contributed by atoms with Gasteiger partial charge < -0.3 is 9.72 Å². The number of nitrogens with zero attached hydrogens (tertiary/aromatic N) is 2. The van der Waals surface area contributed by atoms with Gasteiger partial charge in [-0.15, -0.1) is 0 Å². The van der Waals surface area contributed by atoms with Crippen molar-refractivity contribution >= 4 is 43.2 Å². The van der Waals surface area contributed by atoms with Crippen LogP contribution in [0.3, 0.4) is 0 Å². The SMILES string of the molecule is Cc1cc(Br)c(NCc2c(C)nc3ccccn23)c(Br)c1. The Morgan fingerprint density at radius 1 is 1.14 bits per heavy atom. The molecule has 0 unspecified atom stereocenters. The summed E-state index contributed by atoms with van der Waals surface area (Å²) in [6.07, 6.45) is 2.05. The van der Waals surface area contributed by atoms with Crippen LogP contribution >= 0.6 is 31.9 Å². The first-order chi connectivity index (χ1) is 10.1. The summed E-state index contributed by atoms with van der Waals surface area (Å²) in [5, 5.41) is 3.49. The number of fused-ring (bicyclic) bond motifs is 1. The molecule has 0 spiro atoms. The Morgan fingerprint density at radius 3 is 2.57 bits per heavy atom. The van der Waals surface area contributed by atoms with Gasteiger partial charge >= 0.3 is 0 Å². The van der Waals surface area contributed by atoms with Crippen molar-refractivity contribution in [3.8, 4) is 0 Å². The lowest BCUT2D eigenvalue weighted by atomic mass is 10.2. The van der Waals surface area contributed by atoms with Gasteiger partial charge in [-0.25, -0.2) is 4.98 Å². The van der Waals surface area contributed by atoms with E-state index in [2.05, 4.69) is 65.6 Å². The molecule has 0 fully saturated rings. The van der Waals surface area contributed by atoms with Gasteiger partial charge in [0, 0.05) is 15.1 Å². The molecule has 0 aliphatic rings. The highest BCUT2D eigenvalue weighted by atomic mass is 79.9. The van der Waals surface area contributed by atoms with Gasteiger partial charge in [0.25, 0.3) is 0 Å². The number of benzene rings is 1. The van der Waals surface area contributed by atoms with E-state index in [4.69, 9.17) is 0 Å². The molecule has 0 saturated heterocycles. The second-order valence-electron chi connectivity index (χ2n) is 5.03. The Balaban J connectivity index is 1.92. The molecule has 0 radical (unpaired) electrons. The van der Waals surface area contributed by atoms with Crippen molar-refractivity contribution in [2.75, 3.05) is 5.32 Å². The van der Waals surface area contributed by atoms with Crippen LogP contribution in [0.2, 0.25) is 0 Å². The first kappa shape index (κ1) is 14.6. The third-order valence-electron chi connectivity index (χ3n) is 3.45. The van der Waals surface area contributed by atoms with E-state index in [0.717, 1.165) is 32.5 Å². The molecule has 0 atom stereocenters. The van der Waals surface area contributed by atoms with Crippen LogP contribution in [0, 0.1) is 13.8 Å². The summed E-state index contributed by atoms with van der Waals surface area (Å²) in [7, 11) is 0. The first-order valence-electron chi connectivity index (χ1n) is 6.68. The molecule has 3 rings (SSSR count).